The summed E-state index contributed by atoms with van der Waals surface area (Å²) in [5.41, 5.74) is 1.83. The first-order valence-electron chi connectivity index (χ1n) is 10.5. The Balaban J connectivity index is 2.05. The van der Waals surface area contributed by atoms with Gasteiger partial charge in [0.1, 0.15) is 5.82 Å². The number of piperazine rings is 1. The second-order valence-corrected chi connectivity index (χ2v) is 16.1. The number of aromatic nitrogens is 1. The molecular weight excluding hydrogens is 410 g/mol. The van der Waals surface area contributed by atoms with Crippen molar-refractivity contribution in [3.05, 3.63) is 54.1 Å². The smallest absolute Gasteiger partial charge is 0.269 e. The van der Waals surface area contributed by atoms with Crippen molar-refractivity contribution in [2.24, 2.45) is 0 Å². The maximum Gasteiger partial charge on any atom is 0.269 e. The number of fused-ring (bicyclic) bond motifs is 1. The van der Waals surface area contributed by atoms with E-state index in [4.69, 9.17) is 0 Å². The van der Waals surface area contributed by atoms with Crippen LogP contribution in [0, 0.1) is 6.92 Å². The van der Waals surface area contributed by atoms with Crippen LogP contribution < -0.4 is 10.1 Å². The van der Waals surface area contributed by atoms with Gasteiger partial charge in [0, 0.05) is 31.6 Å². The molecule has 5 nitrogen and oxygen atoms in total. The van der Waals surface area contributed by atoms with E-state index in [2.05, 4.69) is 42.6 Å². The van der Waals surface area contributed by atoms with Gasteiger partial charge in [-0.05, 0) is 37.4 Å². The number of aryl methyl sites for hydroxylation is 1. The Hall–Kier alpha value is -2.09. The molecule has 1 fully saturated rings. The number of anilines is 1. The molecule has 2 heterocycles. The van der Waals surface area contributed by atoms with Gasteiger partial charge in [-0.3, -0.25) is 0 Å². The molecule has 1 saturated heterocycles. The number of benzene rings is 2. The zero-order chi connectivity index (χ0) is 21.7. The molecule has 0 atom stereocenters. The minimum Gasteiger partial charge on any atom is -0.355 e. The fourth-order valence-corrected chi connectivity index (χ4v) is 7.89. The number of hydrogen-bond acceptors (Lipinski definition) is 4. The van der Waals surface area contributed by atoms with Gasteiger partial charge in [0.25, 0.3) is 10.0 Å². The van der Waals surface area contributed by atoms with Crippen molar-refractivity contribution in [2.45, 2.75) is 31.5 Å². The van der Waals surface area contributed by atoms with Crippen LogP contribution >= 0.6 is 0 Å². The lowest BCUT2D eigenvalue weighted by atomic mass is 10.2. The molecule has 1 aliphatic rings. The molecule has 0 radical (unpaired) electrons. The van der Waals surface area contributed by atoms with Gasteiger partial charge in [-0.2, -0.15) is 0 Å². The molecule has 0 saturated carbocycles. The fourth-order valence-electron chi connectivity index (χ4n) is 4.30. The van der Waals surface area contributed by atoms with E-state index < -0.39 is 18.1 Å². The van der Waals surface area contributed by atoms with Crippen LogP contribution in [-0.4, -0.2) is 58.6 Å². The summed E-state index contributed by atoms with van der Waals surface area (Å²) in [7, 11) is -3.46. The Labute approximate surface area is 181 Å². The van der Waals surface area contributed by atoms with Crippen molar-refractivity contribution >= 4 is 40.0 Å². The summed E-state index contributed by atoms with van der Waals surface area (Å²) in [5, 5.41) is 2.31. The third-order valence-corrected chi connectivity index (χ3v) is 9.63. The molecule has 160 valence electrons. The van der Waals surface area contributed by atoms with Gasteiger partial charge in [0.15, 0.2) is 0 Å². The van der Waals surface area contributed by atoms with Crippen LogP contribution in [0.3, 0.4) is 0 Å². The Bertz CT molecular complexity index is 1170. The normalized spacial score (nSPS) is 16.4. The largest absolute Gasteiger partial charge is 0.355 e. The van der Waals surface area contributed by atoms with Crippen LogP contribution in [0.15, 0.2) is 53.4 Å². The summed E-state index contributed by atoms with van der Waals surface area (Å²) in [6.07, 6.45) is 0. The van der Waals surface area contributed by atoms with Crippen molar-refractivity contribution in [2.75, 3.05) is 38.1 Å². The first-order chi connectivity index (χ1) is 14.1. The standard InChI is InChI=1S/C23H31N3O2SSi/c1-18-10-12-19(13-11-18)29(27,28)26-21-9-7-6-8-20(21)22(30(3,4)5)23(26)25-16-14-24(2)15-17-25/h6-13H,14-17H2,1-5H3. The van der Waals surface area contributed by atoms with Crippen molar-refractivity contribution in [3.63, 3.8) is 0 Å². The number of para-hydroxylation sites is 1. The average Bonchev–Trinajstić information content (AvgIpc) is 3.05. The summed E-state index contributed by atoms with van der Waals surface area (Å²) in [6.45, 7) is 12.4. The third-order valence-electron chi connectivity index (χ3n) is 5.92. The predicted molar refractivity (Wildman–Crippen MR) is 128 cm³/mol. The quantitative estimate of drug-likeness (QED) is 0.582. The van der Waals surface area contributed by atoms with Gasteiger partial charge < -0.3 is 9.80 Å². The second-order valence-electron chi connectivity index (χ2n) is 9.34. The average molecular weight is 442 g/mol. The minimum absolute atomic E-state index is 0.339. The number of hydrogen-bond donors (Lipinski definition) is 0. The molecule has 0 amide bonds. The summed E-state index contributed by atoms with van der Waals surface area (Å²) in [4.78, 5) is 4.93. The first kappa shape index (κ1) is 21.2. The molecule has 1 aliphatic heterocycles. The van der Waals surface area contributed by atoms with Crippen molar-refractivity contribution < 1.29 is 8.42 Å². The van der Waals surface area contributed by atoms with E-state index in [1.807, 2.05) is 37.3 Å². The molecule has 4 rings (SSSR count). The van der Waals surface area contributed by atoms with Gasteiger partial charge in [-0.15, -0.1) is 0 Å². The fraction of sp³-hybridized carbons (Fsp3) is 0.391. The monoisotopic (exact) mass is 441 g/mol. The number of likely N-dealkylation sites (N-methyl/N-ethyl adjacent to an activating group) is 1. The van der Waals surface area contributed by atoms with Gasteiger partial charge in [-0.25, -0.2) is 12.4 Å². The molecule has 3 aromatic rings. The molecule has 0 spiro atoms. The van der Waals surface area contributed by atoms with E-state index in [-0.39, 0.29) is 0 Å². The molecule has 0 N–H and O–H groups in total. The van der Waals surface area contributed by atoms with Crippen LogP contribution in [0.2, 0.25) is 19.6 Å². The lowest BCUT2D eigenvalue weighted by Gasteiger charge is -2.36. The summed E-state index contributed by atoms with van der Waals surface area (Å²) >= 11 is 0. The molecule has 0 bridgehead atoms. The van der Waals surface area contributed by atoms with Crippen molar-refractivity contribution in [1.29, 1.82) is 0 Å². The van der Waals surface area contributed by atoms with Crippen LogP contribution in [0.1, 0.15) is 5.56 Å². The van der Waals surface area contributed by atoms with E-state index in [0.29, 0.717) is 4.90 Å². The topological polar surface area (TPSA) is 45.6 Å². The minimum atomic E-state index is -3.73. The van der Waals surface area contributed by atoms with Crippen LogP contribution in [0.5, 0.6) is 0 Å². The SMILES string of the molecule is Cc1ccc(S(=O)(=O)n2c(N3CCN(C)CC3)c([Si](C)(C)C)c3ccccc32)cc1. The Kier molecular flexibility index (Phi) is 5.32. The van der Waals surface area contributed by atoms with E-state index in [9.17, 15) is 8.42 Å². The van der Waals surface area contributed by atoms with Crippen molar-refractivity contribution in [3.8, 4) is 0 Å². The van der Waals surface area contributed by atoms with Gasteiger partial charge in [-0.1, -0.05) is 55.5 Å². The highest BCUT2D eigenvalue weighted by Gasteiger charge is 2.35. The maximum atomic E-state index is 14.0. The molecule has 0 aliphatic carbocycles. The zero-order valence-electron chi connectivity index (χ0n) is 18.5. The first-order valence-corrected chi connectivity index (χ1v) is 15.4. The Morgan fingerprint density at radius 2 is 1.47 bits per heavy atom. The van der Waals surface area contributed by atoms with Crippen LogP contribution in [0.4, 0.5) is 5.82 Å². The van der Waals surface area contributed by atoms with E-state index in [0.717, 1.165) is 48.5 Å². The zero-order valence-corrected chi connectivity index (χ0v) is 20.3. The lowest BCUT2D eigenvalue weighted by molar-refractivity contribution is 0.312. The number of rotatable bonds is 4. The van der Waals surface area contributed by atoms with Gasteiger partial charge in [0.05, 0.1) is 18.5 Å². The molecule has 7 heteroatoms. The molecule has 0 unspecified atom stereocenters. The van der Waals surface area contributed by atoms with E-state index in [1.165, 1.54) is 5.19 Å². The van der Waals surface area contributed by atoms with Crippen LogP contribution in [-0.2, 0) is 10.0 Å². The van der Waals surface area contributed by atoms with Crippen LogP contribution in [0.25, 0.3) is 10.9 Å². The molecular formula is C23H31N3O2SSi. The lowest BCUT2D eigenvalue weighted by Crippen LogP contribution is -2.50. The molecule has 1 aromatic heterocycles. The van der Waals surface area contributed by atoms with Gasteiger partial charge in [0.2, 0.25) is 0 Å². The summed E-state index contributed by atoms with van der Waals surface area (Å²) in [6, 6.07) is 15.2. The Morgan fingerprint density at radius 3 is 2.07 bits per heavy atom. The maximum absolute atomic E-state index is 14.0. The second kappa shape index (κ2) is 7.55. The highest BCUT2D eigenvalue weighted by molar-refractivity contribution is 7.90. The summed E-state index contributed by atoms with van der Waals surface area (Å²) in [5.74, 6) is 0.879. The van der Waals surface area contributed by atoms with E-state index in [1.54, 1.807) is 16.1 Å². The highest BCUT2D eigenvalue weighted by Crippen LogP contribution is 2.32. The Morgan fingerprint density at radius 1 is 0.867 bits per heavy atom. The van der Waals surface area contributed by atoms with Gasteiger partial charge >= 0.3 is 0 Å². The predicted octanol–water partition coefficient (Wildman–Crippen LogP) is 3.48. The molecule has 30 heavy (non-hydrogen) atoms. The molecule has 2 aromatic carbocycles. The van der Waals surface area contributed by atoms with E-state index >= 15 is 0 Å². The summed E-state index contributed by atoms with van der Waals surface area (Å²) < 4.78 is 29.6. The number of nitrogens with zero attached hydrogens (tertiary/aromatic N) is 3. The third kappa shape index (κ3) is 3.59. The highest BCUT2D eigenvalue weighted by atomic mass is 32.2. The van der Waals surface area contributed by atoms with Crippen molar-refractivity contribution in [1.82, 2.24) is 8.87 Å².